The number of morpholine rings is 1. The molecule has 1 N–H and O–H groups in total. The standard InChI is InChI=1S/C22H31N3OS2/c1-18(2)19-6-8-20(9-7-19)23-22(27)25(17-21-5-3-16-28-21)11-4-10-24-12-14-26-15-13-24/h3,5-9,16,18H,4,10-15,17H2,1-2H3,(H,23,27). The zero-order valence-electron chi connectivity index (χ0n) is 16.9. The number of thiophene rings is 1. The largest absolute Gasteiger partial charge is 0.379 e. The molecule has 0 unspecified atom stereocenters. The highest BCUT2D eigenvalue weighted by Gasteiger charge is 2.14. The molecule has 3 rings (SSSR count). The topological polar surface area (TPSA) is 27.7 Å². The SMILES string of the molecule is CC(C)c1ccc(NC(=S)N(CCCN2CCOCC2)Cc2cccs2)cc1. The molecule has 4 nitrogen and oxygen atoms in total. The second-order valence-electron chi connectivity index (χ2n) is 7.52. The van der Waals surface area contributed by atoms with Gasteiger partial charge in [0.15, 0.2) is 5.11 Å². The van der Waals surface area contributed by atoms with Gasteiger partial charge < -0.3 is 15.0 Å². The first-order chi connectivity index (χ1) is 13.6. The maximum Gasteiger partial charge on any atom is 0.173 e. The number of rotatable bonds is 8. The lowest BCUT2D eigenvalue weighted by atomic mass is 10.0. The van der Waals surface area contributed by atoms with Crippen LogP contribution < -0.4 is 5.32 Å². The van der Waals surface area contributed by atoms with E-state index in [4.69, 9.17) is 17.0 Å². The number of hydrogen-bond acceptors (Lipinski definition) is 4. The highest BCUT2D eigenvalue weighted by Crippen LogP contribution is 2.18. The Morgan fingerprint density at radius 1 is 1.21 bits per heavy atom. The van der Waals surface area contributed by atoms with E-state index in [0.29, 0.717) is 5.92 Å². The van der Waals surface area contributed by atoms with Crippen molar-refractivity contribution in [3.63, 3.8) is 0 Å². The number of benzene rings is 1. The van der Waals surface area contributed by atoms with Crippen molar-refractivity contribution in [2.75, 3.05) is 44.7 Å². The fraction of sp³-hybridized carbons (Fsp3) is 0.500. The Labute approximate surface area is 178 Å². The van der Waals surface area contributed by atoms with E-state index in [2.05, 4.69) is 70.7 Å². The maximum atomic E-state index is 5.77. The van der Waals surface area contributed by atoms with Crippen LogP contribution in [-0.2, 0) is 11.3 Å². The summed E-state index contributed by atoms with van der Waals surface area (Å²) in [5.41, 5.74) is 2.40. The Bertz CT molecular complexity index is 710. The van der Waals surface area contributed by atoms with Crippen LogP contribution >= 0.6 is 23.6 Å². The van der Waals surface area contributed by atoms with Gasteiger partial charge >= 0.3 is 0 Å². The highest BCUT2D eigenvalue weighted by atomic mass is 32.1. The minimum atomic E-state index is 0.538. The zero-order chi connectivity index (χ0) is 19.8. The van der Waals surface area contributed by atoms with E-state index in [0.717, 1.165) is 63.2 Å². The molecule has 0 aliphatic carbocycles. The Hall–Kier alpha value is -1.47. The van der Waals surface area contributed by atoms with Gasteiger partial charge in [-0.3, -0.25) is 4.90 Å². The molecule has 0 radical (unpaired) electrons. The molecule has 6 heteroatoms. The lowest BCUT2D eigenvalue weighted by molar-refractivity contribution is 0.0368. The predicted octanol–water partition coefficient (Wildman–Crippen LogP) is 4.79. The van der Waals surface area contributed by atoms with Crippen molar-refractivity contribution in [1.29, 1.82) is 0 Å². The van der Waals surface area contributed by atoms with Crippen LogP contribution in [0.5, 0.6) is 0 Å². The molecule has 152 valence electrons. The third-order valence-electron chi connectivity index (χ3n) is 5.05. The van der Waals surface area contributed by atoms with Gasteiger partial charge in [-0.1, -0.05) is 32.0 Å². The van der Waals surface area contributed by atoms with Crippen LogP contribution in [0.2, 0.25) is 0 Å². The van der Waals surface area contributed by atoms with Gasteiger partial charge in [-0.05, 0) is 53.7 Å². The molecule has 1 aromatic carbocycles. The van der Waals surface area contributed by atoms with E-state index in [-0.39, 0.29) is 0 Å². The molecule has 0 saturated carbocycles. The molecule has 1 fully saturated rings. The van der Waals surface area contributed by atoms with E-state index in [1.165, 1.54) is 10.4 Å². The highest BCUT2D eigenvalue weighted by molar-refractivity contribution is 7.80. The maximum absolute atomic E-state index is 5.77. The van der Waals surface area contributed by atoms with Crippen molar-refractivity contribution in [1.82, 2.24) is 9.80 Å². The molecule has 2 aromatic rings. The van der Waals surface area contributed by atoms with Crippen molar-refractivity contribution in [3.05, 3.63) is 52.2 Å². The van der Waals surface area contributed by atoms with Crippen molar-refractivity contribution >= 4 is 34.4 Å². The minimum absolute atomic E-state index is 0.538. The zero-order valence-corrected chi connectivity index (χ0v) is 18.5. The fourth-order valence-corrected chi connectivity index (χ4v) is 4.30. The van der Waals surface area contributed by atoms with E-state index < -0.39 is 0 Å². The third-order valence-corrected chi connectivity index (χ3v) is 6.27. The summed E-state index contributed by atoms with van der Waals surface area (Å²) in [4.78, 5) is 6.11. The van der Waals surface area contributed by atoms with Gasteiger partial charge in [0.25, 0.3) is 0 Å². The second kappa shape index (κ2) is 10.9. The average molecular weight is 418 g/mol. The molecule has 1 aliphatic heterocycles. The number of ether oxygens (including phenoxy) is 1. The summed E-state index contributed by atoms with van der Waals surface area (Å²) >= 11 is 7.56. The molecule has 28 heavy (non-hydrogen) atoms. The molecule has 1 aromatic heterocycles. The Morgan fingerprint density at radius 3 is 2.61 bits per heavy atom. The molecular formula is C22H31N3OS2. The molecule has 0 atom stereocenters. The summed E-state index contributed by atoms with van der Waals surface area (Å²) in [7, 11) is 0. The number of nitrogens with one attached hydrogen (secondary N) is 1. The summed E-state index contributed by atoms with van der Waals surface area (Å²) < 4.78 is 5.44. The molecule has 0 spiro atoms. The number of nitrogens with zero attached hydrogens (tertiary/aromatic N) is 2. The number of thiocarbonyl (C=S) groups is 1. The van der Waals surface area contributed by atoms with Gasteiger partial charge in [-0.2, -0.15) is 0 Å². The lowest BCUT2D eigenvalue weighted by Gasteiger charge is -2.29. The first kappa shape index (κ1) is 21.2. The first-order valence-electron chi connectivity index (χ1n) is 10.1. The van der Waals surface area contributed by atoms with Crippen molar-refractivity contribution in [3.8, 4) is 0 Å². The van der Waals surface area contributed by atoms with Crippen molar-refractivity contribution in [2.24, 2.45) is 0 Å². The van der Waals surface area contributed by atoms with Gasteiger partial charge in [0.1, 0.15) is 0 Å². The summed E-state index contributed by atoms with van der Waals surface area (Å²) in [5.74, 6) is 0.538. The second-order valence-corrected chi connectivity index (χ2v) is 8.93. The van der Waals surface area contributed by atoms with Crippen LogP contribution in [0.3, 0.4) is 0 Å². The summed E-state index contributed by atoms with van der Waals surface area (Å²) in [6.45, 7) is 11.1. The molecule has 2 heterocycles. The Kier molecular flexibility index (Phi) is 8.27. The van der Waals surface area contributed by atoms with Gasteiger partial charge in [0.2, 0.25) is 0 Å². The Morgan fingerprint density at radius 2 is 1.96 bits per heavy atom. The first-order valence-corrected chi connectivity index (χ1v) is 11.4. The minimum Gasteiger partial charge on any atom is -0.379 e. The van der Waals surface area contributed by atoms with E-state index in [1.807, 2.05) is 0 Å². The van der Waals surface area contributed by atoms with E-state index in [9.17, 15) is 0 Å². The Balaban J connectivity index is 1.57. The van der Waals surface area contributed by atoms with E-state index >= 15 is 0 Å². The van der Waals surface area contributed by atoms with Gasteiger partial charge in [0, 0.05) is 36.7 Å². The van der Waals surface area contributed by atoms with Crippen LogP contribution in [0.1, 0.15) is 36.6 Å². The third kappa shape index (κ3) is 6.55. The monoisotopic (exact) mass is 417 g/mol. The summed E-state index contributed by atoms with van der Waals surface area (Å²) in [6.07, 6.45) is 1.10. The van der Waals surface area contributed by atoms with Crippen molar-refractivity contribution < 1.29 is 4.74 Å². The fourth-order valence-electron chi connectivity index (χ4n) is 3.31. The van der Waals surface area contributed by atoms with Gasteiger partial charge in [0.05, 0.1) is 19.8 Å². The average Bonchev–Trinajstić information content (AvgIpc) is 3.21. The smallest absolute Gasteiger partial charge is 0.173 e. The van der Waals surface area contributed by atoms with Crippen molar-refractivity contribution in [2.45, 2.75) is 32.7 Å². The van der Waals surface area contributed by atoms with Crippen LogP contribution in [0.4, 0.5) is 5.69 Å². The molecule has 0 bridgehead atoms. The van der Waals surface area contributed by atoms with Gasteiger partial charge in [-0.25, -0.2) is 0 Å². The van der Waals surface area contributed by atoms with E-state index in [1.54, 1.807) is 11.3 Å². The van der Waals surface area contributed by atoms with Gasteiger partial charge in [-0.15, -0.1) is 11.3 Å². The summed E-state index contributed by atoms with van der Waals surface area (Å²) in [5, 5.41) is 6.36. The van der Waals surface area contributed by atoms with Crippen LogP contribution in [0, 0.1) is 0 Å². The normalized spacial score (nSPS) is 15.0. The van der Waals surface area contributed by atoms with Crippen LogP contribution in [-0.4, -0.2) is 54.3 Å². The predicted molar refractivity (Wildman–Crippen MR) is 123 cm³/mol. The molecule has 0 amide bonds. The molecule has 1 saturated heterocycles. The summed E-state index contributed by atoms with van der Waals surface area (Å²) in [6, 6.07) is 12.9. The van der Waals surface area contributed by atoms with Crippen LogP contribution in [0.15, 0.2) is 41.8 Å². The molecular weight excluding hydrogens is 386 g/mol. The van der Waals surface area contributed by atoms with Crippen LogP contribution in [0.25, 0.3) is 0 Å². The molecule has 1 aliphatic rings. The number of anilines is 1. The number of hydrogen-bond donors (Lipinski definition) is 1. The quantitative estimate of drug-likeness (QED) is 0.623. The lowest BCUT2D eigenvalue weighted by Crippen LogP contribution is -2.39.